The van der Waals surface area contributed by atoms with Gasteiger partial charge in [-0.05, 0) is 55.5 Å². The van der Waals surface area contributed by atoms with Gasteiger partial charge in [0.25, 0.3) is 0 Å². The maximum Gasteiger partial charge on any atom is 0.246 e. The molecule has 0 aliphatic carbocycles. The maximum atomic E-state index is 13.0. The summed E-state index contributed by atoms with van der Waals surface area (Å²) in [6.07, 6.45) is 9.70. The maximum absolute atomic E-state index is 13.0. The van der Waals surface area contributed by atoms with E-state index in [0.717, 1.165) is 36.2 Å². The summed E-state index contributed by atoms with van der Waals surface area (Å²) >= 11 is 0. The van der Waals surface area contributed by atoms with Crippen molar-refractivity contribution in [2.75, 3.05) is 26.8 Å². The Hall–Kier alpha value is -3.38. The Morgan fingerprint density at radius 2 is 2.06 bits per heavy atom. The second kappa shape index (κ2) is 10.0. The van der Waals surface area contributed by atoms with Crippen LogP contribution in [0.15, 0.2) is 67.1 Å². The van der Waals surface area contributed by atoms with Gasteiger partial charge in [0.2, 0.25) is 5.91 Å². The number of imidazole rings is 1. The number of likely N-dealkylation sites (tertiary alicyclic amines) is 1. The number of methoxy groups -OCH3 is 1. The van der Waals surface area contributed by atoms with E-state index in [-0.39, 0.29) is 17.9 Å². The van der Waals surface area contributed by atoms with Crippen LogP contribution in [0.3, 0.4) is 0 Å². The van der Waals surface area contributed by atoms with E-state index >= 15 is 0 Å². The van der Waals surface area contributed by atoms with Crippen LogP contribution < -0.4 is 4.74 Å². The van der Waals surface area contributed by atoms with Crippen LogP contribution in [0.5, 0.6) is 5.75 Å². The first kappa shape index (κ1) is 22.8. The molecule has 0 bridgehead atoms. The Morgan fingerprint density at radius 1 is 1.24 bits per heavy atom. The fourth-order valence-corrected chi connectivity index (χ4v) is 4.59. The standard InChI is InChI=1S/C27H31N3O3/c1-21-17-30(20-28-21)24-11-9-22(15-25(24)33-2)10-12-26(32)29-14-6-13-27(18-29,19-31)16-23-7-4-3-5-8-23/h3-5,7-12,15,17,20,31H,6,13-14,16,18-19H2,1-2H3. The number of carbonyl (C=O) groups is 1. The average Bonchev–Trinajstić information content (AvgIpc) is 3.29. The van der Waals surface area contributed by atoms with E-state index in [1.807, 2.05) is 65.1 Å². The smallest absolute Gasteiger partial charge is 0.246 e. The van der Waals surface area contributed by atoms with Gasteiger partial charge in [-0.25, -0.2) is 4.98 Å². The van der Waals surface area contributed by atoms with Crippen molar-refractivity contribution in [3.63, 3.8) is 0 Å². The summed E-state index contributed by atoms with van der Waals surface area (Å²) in [6.45, 7) is 3.28. The lowest BCUT2D eigenvalue weighted by Crippen LogP contribution is -2.48. The highest BCUT2D eigenvalue weighted by Crippen LogP contribution is 2.33. The molecule has 33 heavy (non-hydrogen) atoms. The van der Waals surface area contributed by atoms with E-state index in [4.69, 9.17) is 4.74 Å². The molecule has 1 aromatic heterocycles. The van der Waals surface area contributed by atoms with Crippen LogP contribution in [0.1, 0.15) is 29.7 Å². The summed E-state index contributed by atoms with van der Waals surface area (Å²) < 4.78 is 7.48. The zero-order valence-electron chi connectivity index (χ0n) is 19.3. The Kier molecular flexibility index (Phi) is 6.94. The lowest BCUT2D eigenvalue weighted by atomic mass is 9.75. The molecule has 1 saturated heterocycles. The van der Waals surface area contributed by atoms with Gasteiger partial charge in [0, 0.05) is 30.8 Å². The summed E-state index contributed by atoms with van der Waals surface area (Å²) in [6, 6.07) is 16.0. The monoisotopic (exact) mass is 445 g/mol. The predicted molar refractivity (Wildman–Crippen MR) is 129 cm³/mol. The van der Waals surface area contributed by atoms with Crippen LogP contribution in [0.25, 0.3) is 11.8 Å². The number of aromatic nitrogens is 2. The van der Waals surface area contributed by atoms with Crippen molar-refractivity contribution in [3.8, 4) is 11.4 Å². The van der Waals surface area contributed by atoms with E-state index < -0.39 is 0 Å². The Labute approximate surface area is 195 Å². The zero-order valence-corrected chi connectivity index (χ0v) is 19.3. The Morgan fingerprint density at radius 3 is 2.76 bits per heavy atom. The number of aliphatic hydroxyl groups is 1. The van der Waals surface area contributed by atoms with E-state index in [1.165, 1.54) is 5.56 Å². The Bertz CT molecular complexity index is 1120. The summed E-state index contributed by atoms with van der Waals surface area (Å²) in [7, 11) is 1.64. The van der Waals surface area contributed by atoms with Gasteiger partial charge in [0.1, 0.15) is 5.75 Å². The molecular weight excluding hydrogens is 414 g/mol. The topological polar surface area (TPSA) is 67.6 Å². The van der Waals surface area contributed by atoms with Crippen LogP contribution in [-0.4, -0.2) is 52.3 Å². The molecule has 1 N–H and O–H groups in total. The zero-order chi connectivity index (χ0) is 23.3. The fraction of sp³-hybridized carbons (Fsp3) is 0.333. The third-order valence-corrected chi connectivity index (χ3v) is 6.34. The highest BCUT2D eigenvalue weighted by molar-refractivity contribution is 5.92. The molecular formula is C27H31N3O3. The van der Waals surface area contributed by atoms with Crippen molar-refractivity contribution in [2.45, 2.75) is 26.2 Å². The number of benzene rings is 2. The van der Waals surface area contributed by atoms with Gasteiger partial charge < -0.3 is 19.3 Å². The number of aryl methyl sites for hydroxylation is 1. The number of hydrogen-bond acceptors (Lipinski definition) is 4. The summed E-state index contributed by atoms with van der Waals surface area (Å²) in [4.78, 5) is 19.1. The Balaban J connectivity index is 1.46. The number of piperidine rings is 1. The van der Waals surface area contributed by atoms with Crippen LogP contribution in [0.4, 0.5) is 0 Å². The quantitative estimate of drug-likeness (QED) is 0.557. The molecule has 1 aliphatic heterocycles. The van der Waals surface area contributed by atoms with Crippen molar-refractivity contribution >= 4 is 12.0 Å². The molecule has 1 unspecified atom stereocenters. The highest BCUT2D eigenvalue weighted by Gasteiger charge is 2.36. The molecule has 1 amide bonds. The number of hydrogen-bond donors (Lipinski definition) is 1. The molecule has 4 rings (SSSR count). The van der Waals surface area contributed by atoms with Gasteiger partial charge in [-0.3, -0.25) is 4.79 Å². The van der Waals surface area contributed by atoms with Crippen molar-refractivity contribution in [3.05, 3.63) is 84.0 Å². The van der Waals surface area contributed by atoms with Gasteiger partial charge in [0.15, 0.2) is 0 Å². The van der Waals surface area contributed by atoms with Gasteiger partial charge in [0.05, 0.1) is 31.4 Å². The lowest BCUT2D eigenvalue weighted by molar-refractivity contribution is -0.130. The van der Waals surface area contributed by atoms with Crippen molar-refractivity contribution in [2.24, 2.45) is 5.41 Å². The van der Waals surface area contributed by atoms with E-state index in [2.05, 4.69) is 17.1 Å². The number of amides is 1. The molecule has 1 fully saturated rings. The van der Waals surface area contributed by atoms with Crippen molar-refractivity contribution < 1.29 is 14.6 Å². The molecule has 6 nitrogen and oxygen atoms in total. The summed E-state index contributed by atoms with van der Waals surface area (Å²) in [5.74, 6) is 0.677. The van der Waals surface area contributed by atoms with E-state index in [1.54, 1.807) is 19.5 Å². The third kappa shape index (κ3) is 5.34. The van der Waals surface area contributed by atoms with Gasteiger partial charge in [-0.15, -0.1) is 0 Å². The average molecular weight is 446 g/mol. The third-order valence-electron chi connectivity index (χ3n) is 6.34. The van der Waals surface area contributed by atoms with Crippen molar-refractivity contribution in [1.29, 1.82) is 0 Å². The highest BCUT2D eigenvalue weighted by atomic mass is 16.5. The lowest BCUT2D eigenvalue weighted by Gasteiger charge is -2.41. The molecule has 2 heterocycles. The molecule has 1 aliphatic rings. The van der Waals surface area contributed by atoms with Crippen LogP contribution in [0.2, 0.25) is 0 Å². The van der Waals surface area contributed by atoms with Crippen LogP contribution in [0, 0.1) is 12.3 Å². The first-order valence-electron chi connectivity index (χ1n) is 11.3. The molecule has 1 atom stereocenters. The number of nitrogens with zero attached hydrogens (tertiary/aromatic N) is 3. The van der Waals surface area contributed by atoms with E-state index in [0.29, 0.717) is 18.8 Å². The predicted octanol–water partition coefficient (Wildman–Crippen LogP) is 4.05. The second-order valence-corrected chi connectivity index (χ2v) is 8.87. The van der Waals surface area contributed by atoms with Gasteiger partial charge in [-0.2, -0.15) is 0 Å². The molecule has 0 radical (unpaired) electrons. The first-order valence-corrected chi connectivity index (χ1v) is 11.3. The summed E-state index contributed by atoms with van der Waals surface area (Å²) in [5, 5.41) is 10.2. The first-order chi connectivity index (χ1) is 16.0. The number of rotatable bonds is 7. The normalized spacial score (nSPS) is 18.6. The van der Waals surface area contributed by atoms with Crippen molar-refractivity contribution in [1.82, 2.24) is 14.5 Å². The van der Waals surface area contributed by atoms with Gasteiger partial charge in [-0.1, -0.05) is 36.4 Å². The van der Waals surface area contributed by atoms with Gasteiger partial charge >= 0.3 is 0 Å². The molecule has 0 saturated carbocycles. The minimum absolute atomic E-state index is 0.0335. The molecule has 6 heteroatoms. The molecule has 0 spiro atoms. The minimum atomic E-state index is -0.295. The van der Waals surface area contributed by atoms with E-state index in [9.17, 15) is 9.90 Å². The molecule has 3 aromatic rings. The SMILES string of the molecule is COc1cc(C=CC(=O)N2CCCC(CO)(Cc3ccccc3)C2)ccc1-n1cnc(C)c1. The van der Waals surface area contributed by atoms with Crippen LogP contribution in [-0.2, 0) is 11.2 Å². The largest absolute Gasteiger partial charge is 0.495 e. The number of aliphatic hydroxyl groups excluding tert-OH is 1. The molecule has 2 aromatic carbocycles. The van der Waals surface area contributed by atoms with Crippen LogP contribution >= 0.6 is 0 Å². The second-order valence-electron chi connectivity index (χ2n) is 8.87. The fourth-order valence-electron chi connectivity index (χ4n) is 4.59. The minimum Gasteiger partial charge on any atom is -0.495 e. The number of carbonyl (C=O) groups excluding carboxylic acids is 1. The number of ether oxygens (including phenoxy) is 1. The summed E-state index contributed by atoms with van der Waals surface area (Å²) in [5.41, 5.74) is 3.61. The molecule has 172 valence electrons.